The van der Waals surface area contributed by atoms with E-state index >= 15 is 0 Å². The van der Waals surface area contributed by atoms with E-state index in [1.807, 2.05) is 0 Å². The van der Waals surface area contributed by atoms with Gasteiger partial charge in [0.05, 0.1) is 0 Å². The zero-order valence-electron chi connectivity index (χ0n) is 12.5. The highest BCUT2D eigenvalue weighted by Gasteiger charge is 2.66. The minimum Gasteiger partial charge on any atom is -0.310 e. The van der Waals surface area contributed by atoms with Crippen molar-refractivity contribution >= 4 is 31.9 Å². The van der Waals surface area contributed by atoms with Crippen molar-refractivity contribution in [2.45, 2.75) is 38.6 Å². The molecule has 0 amide bonds. The molecule has 3 fully saturated rings. The Kier molecular flexibility index (Phi) is 3.96. The van der Waals surface area contributed by atoms with Crippen LogP contribution in [0.5, 0.6) is 0 Å². The van der Waals surface area contributed by atoms with Gasteiger partial charge < -0.3 is 5.32 Å². The van der Waals surface area contributed by atoms with E-state index in [0.29, 0.717) is 6.04 Å². The topological polar surface area (TPSA) is 12.0 Å². The van der Waals surface area contributed by atoms with Gasteiger partial charge >= 0.3 is 0 Å². The van der Waals surface area contributed by atoms with Crippen LogP contribution in [0.2, 0.25) is 0 Å². The highest BCUT2D eigenvalue weighted by molar-refractivity contribution is 9.11. The van der Waals surface area contributed by atoms with Gasteiger partial charge in [-0.25, -0.2) is 0 Å². The molecule has 2 bridgehead atoms. The molecule has 0 aromatic heterocycles. The third-order valence-electron chi connectivity index (χ3n) is 6.09. The lowest BCUT2D eigenvalue weighted by atomic mass is 9.93. The Morgan fingerprint density at radius 2 is 1.90 bits per heavy atom. The maximum absolute atomic E-state index is 3.86. The number of hydrogen-bond donors (Lipinski definition) is 1. The van der Waals surface area contributed by atoms with Crippen molar-refractivity contribution in [3.63, 3.8) is 0 Å². The van der Waals surface area contributed by atoms with Crippen LogP contribution in [-0.4, -0.2) is 6.54 Å². The molecule has 3 aliphatic carbocycles. The van der Waals surface area contributed by atoms with Gasteiger partial charge in [0.25, 0.3) is 0 Å². The minimum atomic E-state index is 0.537. The lowest BCUT2D eigenvalue weighted by Crippen LogP contribution is -2.26. The Bertz CT molecular complexity index is 528. The van der Waals surface area contributed by atoms with Gasteiger partial charge in [0.1, 0.15) is 0 Å². The van der Waals surface area contributed by atoms with Crippen LogP contribution in [-0.2, 0) is 0 Å². The van der Waals surface area contributed by atoms with E-state index in [-0.39, 0.29) is 0 Å². The molecule has 5 unspecified atom stereocenters. The normalized spacial score (nSPS) is 37.6. The highest BCUT2D eigenvalue weighted by atomic mass is 79.9. The lowest BCUT2D eigenvalue weighted by Gasteiger charge is -2.24. The second-order valence-electron chi connectivity index (χ2n) is 7.16. The van der Waals surface area contributed by atoms with Gasteiger partial charge in [-0.2, -0.15) is 0 Å². The summed E-state index contributed by atoms with van der Waals surface area (Å²) in [5.41, 5.74) is 1.46. The molecule has 0 radical (unpaired) electrons. The van der Waals surface area contributed by atoms with Crippen LogP contribution >= 0.6 is 31.9 Å². The fraction of sp³-hybridized carbons (Fsp3) is 0.667. The maximum atomic E-state index is 3.86. The molecule has 1 aromatic rings. The van der Waals surface area contributed by atoms with Crippen molar-refractivity contribution in [2.75, 3.05) is 6.54 Å². The molecule has 5 atom stereocenters. The highest BCUT2D eigenvalue weighted by Crippen LogP contribution is 2.72. The molecule has 0 aliphatic heterocycles. The van der Waals surface area contributed by atoms with Gasteiger partial charge in [-0.1, -0.05) is 38.8 Å². The van der Waals surface area contributed by atoms with E-state index in [9.17, 15) is 0 Å². The van der Waals surface area contributed by atoms with Gasteiger partial charge in [-0.05, 0) is 85.6 Å². The van der Waals surface area contributed by atoms with Crippen LogP contribution in [0.3, 0.4) is 0 Å². The molecule has 1 N–H and O–H groups in total. The average molecular weight is 413 g/mol. The van der Waals surface area contributed by atoms with Gasteiger partial charge in [-0.15, -0.1) is 0 Å². The maximum Gasteiger partial charge on any atom is 0.0366 e. The number of benzene rings is 1. The van der Waals surface area contributed by atoms with Crippen molar-refractivity contribution in [2.24, 2.45) is 29.6 Å². The van der Waals surface area contributed by atoms with Crippen LogP contribution < -0.4 is 5.32 Å². The van der Waals surface area contributed by atoms with Crippen molar-refractivity contribution in [1.82, 2.24) is 5.32 Å². The molecule has 114 valence electrons. The molecule has 21 heavy (non-hydrogen) atoms. The van der Waals surface area contributed by atoms with Crippen molar-refractivity contribution in [3.05, 3.63) is 32.7 Å². The zero-order valence-corrected chi connectivity index (χ0v) is 15.7. The first-order valence-corrected chi connectivity index (χ1v) is 9.97. The van der Waals surface area contributed by atoms with Gasteiger partial charge in [-0.3, -0.25) is 0 Å². The summed E-state index contributed by atoms with van der Waals surface area (Å²) in [5, 5.41) is 3.86. The summed E-state index contributed by atoms with van der Waals surface area (Å²) < 4.78 is 2.45. The second-order valence-corrected chi connectivity index (χ2v) is 8.93. The van der Waals surface area contributed by atoms with Crippen molar-refractivity contribution in [1.29, 1.82) is 0 Å². The van der Waals surface area contributed by atoms with E-state index in [1.165, 1.54) is 40.2 Å². The first kappa shape index (κ1) is 14.7. The standard InChI is InChI=1S/C18H23Br2N/c1-2-7-21-18(13-9-12(19)5-6-14(13)20)17-15-10-3-4-11(8-10)16(15)17/h5-6,9-11,15-18,21H,2-4,7-8H2,1H3. The van der Waals surface area contributed by atoms with Crippen LogP contribution in [0, 0.1) is 29.6 Å². The Labute approximate surface area is 144 Å². The molecule has 0 saturated heterocycles. The summed E-state index contributed by atoms with van der Waals surface area (Å²) in [7, 11) is 0. The fourth-order valence-electron chi connectivity index (χ4n) is 5.34. The van der Waals surface area contributed by atoms with Crippen LogP contribution in [0.1, 0.15) is 44.2 Å². The lowest BCUT2D eigenvalue weighted by molar-refractivity contribution is 0.369. The first-order valence-electron chi connectivity index (χ1n) is 8.39. The molecular weight excluding hydrogens is 390 g/mol. The third kappa shape index (κ3) is 2.44. The van der Waals surface area contributed by atoms with E-state index in [2.05, 4.69) is 62.3 Å². The summed E-state index contributed by atoms with van der Waals surface area (Å²) >= 11 is 7.43. The number of hydrogen-bond acceptors (Lipinski definition) is 1. The summed E-state index contributed by atoms with van der Waals surface area (Å²) in [6, 6.07) is 7.16. The summed E-state index contributed by atoms with van der Waals surface area (Å²) in [6.45, 7) is 3.38. The Hall–Kier alpha value is 0.140. The van der Waals surface area contributed by atoms with E-state index in [4.69, 9.17) is 0 Å². The zero-order chi connectivity index (χ0) is 14.6. The third-order valence-corrected chi connectivity index (χ3v) is 7.30. The Morgan fingerprint density at radius 1 is 1.19 bits per heavy atom. The molecule has 0 heterocycles. The molecule has 1 nitrogen and oxygen atoms in total. The monoisotopic (exact) mass is 411 g/mol. The molecule has 1 aromatic carbocycles. The van der Waals surface area contributed by atoms with E-state index in [0.717, 1.165) is 36.1 Å². The van der Waals surface area contributed by atoms with Gasteiger partial charge in [0.2, 0.25) is 0 Å². The van der Waals surface area contributed by atoms with Gasteiger partial charge in [0.15, 0.2) is 0 Å². The SMILES string of the molecule is CCCNC(c1cc(Br)ccc1Br)C1C2C3CCC(C3)C21. The molecule has 3 aliphatic rings. The number of nitrogens with one attached hydrogen (secondary N) is 1. The molecular formula is C18H23Br2N. The number of halogens is 2. The van der Waals surface area contributed by atoms with E-state index < -0.39 is 0 Å². The molecule has 0 spiro atoms. The summed E-state index contributed by atoms with van der Waals surface area (Å²) in [4.78, 5) is 0. The van der Waals surface area contributed by atoms with Gasteiger partial charge in [0, 0.05) is 15.0 Å². The van der Waals surface area contributed by atoms with E-state index in [1.54, 1.807) is 0 Å². The fourth-order valence-corrected chi connectivity index (χ4v) is 6.22. The molecule has 3 saturated carbocycles. The smallest absolute Gasteiger partial charge is 0.0366 e. The molecule has 4 rings (SSSR count). The van der Waals surface area contributed by atoms with Crippen LogP contribution in [0.15, 0.2) is 27.1 Å². The van der Waals surface area contributed by atoms with Crippen molar-refractivity contribution < 1.29 is 0 Å². The second kappa shape index (κ2) is 5.65. The quantitative estimate of drug-likeness (QED) is 0.668. The predicted octanol–water partition coefficient (Wildman–Crippen LogP) is 5.54. The van der Waals surface area contributed by atoms with Crippen LogP contribution in [0.25, 0.3) is 0 Å². The largest absolute Gasteiger partial charge is 0.310 e. The Morgan fingerprint density at radius 3 is 2.57 bits per heavy atom. The predicted molar refractivity (Wildman–Crippen MR) is 94.2 cm³/mol. The number of fused-ring (bicyclic) bond motifs is 5. The first-order chi connectivity index (χ1) is 10.2. The number of rotatable bonds is 5. The minimum absolute atomic E-state index is 0.537. The van der Waals surface area contributed by atoms with Crippen molar-refractivity contribution in [3.8, 4) is 0 Å². The Balaban J connectivity index is 1.62. The summed E-state index contributed by atoms with van der Waals surface area (Å²) in [5.74, 6) is 5.00. The van der Waals surface area contributed by atoms with Crippen LogP contribution in [0.4, 0.5) is 0 Å². The average Bonchev–Trinajstić information content (AvgIpc) is 2.89. The summed E-state index contributed by atoms with van der Waals surface area (Å²) in [6.07, 6.45) is 5.74. The molecule has 3 heteroatoms.